The Morgan fingerprint density at radius 3 is 2.33 bits per heavy atom. The molecule has 0 aromatic heterocycles. The molecule has 1 fully saturated rings. The molecule has 0 unspecified atom stereocenters. The van der Waals surface area contributed by atoms with E-state index >= 15 is 0 Å². The fraction of sp³-hybridized carbons (Fsp3) is 0.800. The van der Waals surface area contributed by atoms with Gasteiger partial charge in [-0.1, -0.05) is 0 Å². The number of carbonyl (C=O) groups excluding carboxylic acids is 1. The van der Waals surface area contributed by atoms with Crippen molar-refractivity contribution >= 4 is 11.9 Å². The quantitative estimate of drug-likeness (QED) is 0.621. The fourth-order valence-electron chi connectivity index (χ4n) is 1.77. The molecule has 86 valence electrons. The van der Waals surface area contributed by atoms with Crippen LogP contribution in [0.1, 0.15) is 32.6 Å². The third kappa shape index (κ3) is 3.51. The van der Waals surface area contributed by atoms with Crippen molar-refractivity contribution < 1.29 is 14.7 Å². The molecule has 0 aliphatic heterocycles. The lowest BCUT2D eigenvalue weighted by Crippen LogP contribution is -2.43. The third-order valence-electron chi connectivity index (χ3n) is 2.87. The predicted octanol–water partition coefficient (Wildman–Crippen LogP) is 0.0932. The van der Waals surface area contributed by atoms with Gasteiger partial charge in [0.1, 0.15) is 6.04 Å². The number of hydrogen-bond donors (Lipinski definition) is 3. The van der Waals surface area contributed by atoms with Crippen LogP contribution < -0.4 is 11.1 Å². The first-order valence-corrected chi connectivity index (χ1v) is 5.29. The number of amides is 1. The van der Waals surface area contributed by atoms with Gasteiger partial charge in [-0.25, -0.2) is 0 Å². The van der Waals surface area contributed by atoms with Crippen molar-refractivity contribution in [2.75, 3.05) is 0 Å². The summed E-state index contributed by atoms with van der Waals surface area (Å²) in [5.74, 6) is -1.22. The lowest BCUT2D eigenvalue weighted by atomic mass is 9.86. The monoisotopic (exact) mass is 214 g/mol. The first kappa shape index (κ1) is 12.0. The van der Waals surface area contributed by atoms with Crippen LogP contribution in [-0.4, -0.2) is 29.1 Å². The summed E-state index contributed by atoms with van der Waals surface area (Å²) in [5.41, 5.74) is 5.72. The zero-order valence-electron chi connectivity index (χ0n) is 8.90. The van der Waals surface area contributed by atoms with Crippen molar-refractivity contribution in [3.05, 3.63) is 0 Å². The molecule has 0 radical (unpaired) electrons. The second kappa shape index (κ2) is 5.11. The van der Waals surface area contributed by atoms with Gasteiger partial charge in [0.15, 0.2) is 0 Å². The van der Waals surface area contributed by atoms with Gasteiger partial charge in [0.05, 0.1) is 0 Å². The number of carboxylic acids is 1. The average molecular weight is 214 g/mol. The second-order valence-electron chi connectivity index (χ2n) is 4.18. The largest absolute Gasteiger partial charge is 0.480 e. The van der Waals surface area contributed by atoms with Crippen molar-refractivity contribution in [3.63, 3.8) is 0 Å². The molecule has 1 aliphatic carbocycles. The Hall–Kier alpha value is -1.10. The molecule has 1 saturated carbocycles. The van der Waals surface area contributed by atoms with Crippen LogP contribution in [-0.2, 0) is 9.59 Å². The van der Waals surface area contributed by atoms with E-state index in [1.54, 1.807) is 0 Å². The number of hydrogen-bond acceptors (Lipinski definition) is 3. The van der Waals surface area contributed by atoms with E-state index in [-0.39, 0.29) is 17.9 Å². The highest BCUT2D eigenvalue weighted by Crippen LogP contribution is 2.23. The van der Waals surface area contributed by atoms with E-state index in [4.69, 9.17) is 10.8 Å². The molecule has 5 nitrogen and oxygen atoms in total. The highest BCUT2D eigenvalue weighted by atomic mass is 16.4. The molecule has 0 bridgehead atoms. The summed E-state index contributed by atoms with van der Waals surface area (Å²) < 4.78 is 0. The maximum atomic E-state index is 11.6. The van der Waals surface area contributed by atoms with Gasteiger partial charge in [-0.15, -0.1) is 0 Å². The Balaban J connectivity index is 2.37. The molecular weight excluding hydrogens is 196 g/mol. The zero-order chi connectivity index (χ0) is 11.4. The maximum absolute atomic E-state index is 11.6. The van der Waals surface area contributed by atoms with Crippen LogP contribution in [0.25, 0.3) is 0 Å². The summed E-state index contributed by atoms with van der Waals surface area (Å²) in [7, 11) is 0. The highest BCUT2D eigenvalue weighted by molar-refractivity contribution is 5.84. The summed E-state index contributed by atoms with van der Waals surface area (Å²) in [6, 6.07) is -0.612. The van der Waals surface area contributed by atoms with Crippen molar-refractivity contribution in [2.24, 2.45) is 11.7 Å². The Morgan fingerprint density at radius 2 is 1.87 bits per heavy atom. The fourth-order valence-corrected chi connectivity index (χ4v) is 1.77. The molecule has 5 heteroatoms. The molecule has 1 aliphatic rings. The summed E-state index contributed by atoms with van der Waals surface area (Å²) in [5, 5.41) is 11.1. The van der Waals surface area contributed by atoms with Gasteiger partial charge in [0.2, 0.25) is 5.91 Å². The number of nitrogens with two attached hydrogens (primary N) is 1. The molecule has 0 spiro atoms. The molecule has 1 amide bonds. The van der Waals surface area contributed by atoms with E-state index in [2.05, 4.69) is 5.32 Å². The van der Waals surface area contributed by atoms with Crippen LogP contribution in [0.2, 0.25) is 0 Å². The van der Waals surface area contributed by atoms with E-state index < -0.39 is 12.0 Å². The minimum Gasteiger partial charge on any atom is -0.480 e. The number of rotatable bonds is 3. The van der Waals surface area contributed by atoms with E-state index in [1.165, 1.54) is 6.92 Å². The predicted molar refractivity (Wildman–Crippen MR) is 55.2 cm³/mol. The maximum Gasteiger partial charge on any atom is 0.325 e. The molecule has 15 heavy (non-hydrogen) atoms. The van der Waals surface area contributed by atoms with Crippen LogP contribution in [0.5, 0.6) is 0 Å². The molecular formula is C10H18N2O3. The number of carboxylic acid groups (broad SMARTS) is 1. The molecule has 1 rings (SSSR count). The minimum absolute atomic E-state index is 0.0633. The molecule has 1 atom stereocenters. The smallest absolute Gasteiger partial charge is 0.325 e. The van der Waals surface area contributed by atoms with E-state index in [1.807, 2.05) is 0 Å². The molecule has 0 aromatic carbocycles. The Bertz CT molecular complexity index is 247. The van der Waals surface area contributed by atoms with Crippen LogP contribution in [0.3, 0.4) is 0 Å². The van der Waals surface area contributed by atoms with Crippen molar-refractivity contribution in [3.8, 4) is 0 Å². The lowest BCUT2D eigenvalue weighted by Gasteiger charge is -2.25. The summed E-state index contributed by atoms with van der Waals surface area (Å²) in [6.07, 6.45) is 3.22. The van der Waals surface area contributed by atoms with Crippen LogP contribution in [0, 0.1) is 5.92 Å². The minimum atomic E-state index is -1.00. The first-order valence-electron chi connectivity index (χ1n) is 5.29. The topological polar surface area (TPSA) is 92.4 Å². The lowest BCUT2D eigenvalue weighted by molar-refractivity contribution is -0.142. The summed E-state index contributed by atoms with van der Waals surface area (Å²) in [4.78, 5) is 22.1. The normalized spacial score (nSPS) is 28.1. The van der Waals surface area contributed by atoms with E-state index in [0.717, 1.165) is 25.7 Å². The Morgan fingerprint density at radius 1 is 1.33 bits per heavy atom. The van der Waals surface area contributed by atoms with Crippen LogP contribution in [0.15, 0.2) is 0 Å². The van der Waals surface area contributed by atoms with Gasteiger partial charge in [0, 0.05) is 12.0 Å². The SMILES string of the molecule is C[C@H](NC(=O)C1CCC(N)CC1)C(=O)O. The van der Waals surface area contributed by atoms with Crippen molar-refractivity contribution in [2.45, 2.75) is 44.7 Å². The molecule has 0 saturated heterocycles. The van der Waals surface area contributed by atoms with Gasteiger partial charge >= 0.3 is 5.97 Å². The van der Waals surface area contributed by atoms with Gasteiger partial charge in [0.25, 0.3) is 0 Å². The Kier molecular flexibility index (Phi) is 4.08. The standard InChI is InChI=1S/C10H18N2O3/c1-6(10(14)15)12-9(13)7-2-4-8(11)5-3-7/h6-8H,2-5,11H2,1H3,(H,12,13)(H,14,15)/t6-,7?,8?/m0/s1. The first-order chi connectivity index (χ1) is 7.00. The van der Waals surface area contributed by atoms with Crippen molar-refractivity contribution in [1.29, 1.82) is 0 Å². The van der Waals surface area contributed by atoms with Gasteiger partial charge in [-0.3, -0.25) is 9.59 Å². The second-order valence-corrected chi connectivity index (χ2v) is 4.18. The Labute approximate surface area is 89.0 Å². The number of nitrogens with one attached hydrogen (secondary N) is 1. The number of carbonyl (C=O) groups is 2. The van der Waals surface area contributed by atoms with E-state index in [0.29, 0.717) is 0 Å². The van der Waals surface area contributed by atoms with Gasteiger partial charge < -0.3 is 16.2 Å². The van der Waals surface area contributed by atoms with E-state index in [9.17, 15) is 9.59 Å². The van der Waals surface area contributed by atoms with Gasteiger partial charge in [-0.2, -0.15) is 0 Å². The average Bonchev–Trinajstić information content (AvgIpc) is 2.18. The van der Waals surface area contributed by atoms with Gasteiger partial charge in [-0.05, 0) is 32.6 Å². The molecule has 0 heterocycles. The zero-order valence-corrected chi connectivity index (χ0v) is 8.90. The van der Waals surface area contributed by atoms with Crippen LogP contribution in [0.4, 0.5) is 0 Å². The van der Waals surface area contributed by atoms with Crippen molar-refractivity contribution in [1.82, 2.24) is 5.32 Å². The summed E-state index contributed by atoms with van der Waals surface area (Å²) >= 11 is 0. The number of aliphatic carboxylic acids is 1. The van der Waals surface area contributed by atoms with Crippen LogP contribution >= 0.6 is 0 Å². The highest BCUT2D eigenvalue weighted by Gasteiger charge is 2.26. The molecule has 4 N–H and O–H groups in total. The third-order valence-corrected chi connectivity index (χ3v) is 2.87. The summed E-state index contributed by atoms with van der Waals surface area (Å²) in [6.45, 7) is 1.47. The molecule has 0 aromatic rings.